The first kappa shape index (κ1) is 30.4. The first-order valence-corrected chi connectivity index (χ1v) is 13.8. The first-order chi connectivity index (χ1) is 17.1. The third-order valence-electron chi connectivity index (χ3n) is 5.48. The summed E-state index contributed by atoms with van der Waals surface area (Å²) in [5.41, 5.74) is -0.726. The molecule has 2 aromatic carbocycles. The van der Waals surface area contributed by atoms with E-state index in [0.29, 0.717) is 27.5 Å². The van der Waals surface area contributed by atoms with E-state index in [0.717, 1.165) is 18.4 Å². The summed E-state index contributed by atoms with van der Waals surface area (Å²) < 4.78 is 65.6. The van der Waals surface area contributed by atoms with Crippen molar-refractivity contribution in [1.29, 1.82) is 0 Å². The Kier molecular flexibility index (Phi) is 10.4. The van der Waals surface area contributed by atoms with Gasteiger partial charge >= 0.3 is 6.18 Å². The Morgan fingerprint density at radius 2 is 1.70 bits per heavy atom. The smallest absolute Gasteiger partial charge is 0.354 e. The average molecular weight is 562 g/mol. The van der Waals surface area contributed by atoms with Gasteiger partial charge in [-0.3, -0.25) is 13.9 Å². The van der Waals surface area contributed by atoms with Gasteiger partial charge < -0.3 is 10.2 Å². The van der Waals surface area contributed by atoms with E-state index in [2.05, 4.69) is 5.32 Å². The molecular formula is C25H31ClF3N3O4S. The highest BCUT2D eigenvalue weighted by molar-refractivity contribution is 7.92. The summed E-state index contributed by atoms with van der Waals surface area (Å²) in [5, 5.41) is 3.26. The second kappa shape index (κ2) is 12.6. The maximum absolute atomic E-state index is 13.6. The molecule has 37 heavy (non-hydrogen) atoms. The largest absolute Gasteiger partial charge is 0.416 e. The summed E-state index contributed by atoms with van der Waals surface area (Å²) >= 11 is 5.96. The molecule has 1 atom stereocenters. The summed E-state index contributed by atoms with van der Waals surface area (Å²) in [4.78, 5) is 27.8. The van der Waals surface area contributed by atoms with E-state index in [9.17, 15) is 31.2 Å². The van der Waals surface area contributed by atoms with Crippen molar-refractivity contribution in [3.05, 3.63) is 64.7 Å². The SMILES string of the molecule is CC[C@@H](C(=O)NCC(C)C)N(Cc1ccc(Cl)cc1)C(=O)CN(c1cccc(C(F)(F)F)c1)S(C)(=O)=O. The maximum Gasteiger partial charge on any atom is 0.416 e. The lowest BCUT2D eigenvalue weighted by Gasteiger charge is -2.33. The van der Waals surface area contributed by atoms with Crippen LogP contribution < -0.4 is 9.62 Å². The molecule has 0 aliphatic carbocycles. The lowest BCUT2D eigenvalue weighted by atomic mass is 10.1. The summed E-state index contributed by atoms with van der Waals surface area (Å²) in [6, 6.07) is 9.36. The van der Waals surface area contributed by atoms with Crippen LogP contribution in [0.15, 0.2) is 48.5 Å². The Hall–Kier alpha value is -2.79. The third-order valence-corrected chi connectivity index (χ3v) is 6.87. The molecule has 2 aromatic rings. The number of hydrogen-bond acceptors (Lipinski definition) is 4. The molecule has 0 aliphatic rings. The van der Waals surface area contributed by atoms with Gasteiger partial charge in [0.1, 0.15) is 12.6 Å². The van der Waals surface area contributed by atoms with Gasteiger partial charge in [0.2, 0.25) is 21.8 Å². The third kappa shape index (κ3) is 8.92. The van der Waals surface area contributed by atoms with Crippen LogP contribution in [-0.2, 0) is 32.3 Å². The number of benzene rings is 2. The van der Waals surface area contributed by atoms with E-state index in [-0.39, 0.29) is 24.6 Å². The number of amides is 2. The van der Waals surface area contributed by atoms with Crippen LogP contribution >= 0.6 is 11.6 Å². The summed E-state index contributed by atoms with van der Waals surface area (Å²) in [6.07, 6.45) is -3.67. The van der Waals surface area contributed by atoms with Crippen LogP contribution in [0.1, 0.15) is 38.3 Å². The molecule has 12 heteroatoms. The Balaban J connectivity index is 2.46. The number of rotatable bonds is 11. The standard InChI is InChI=1S/C25H31ClF3N3O4S/c1-5-22(24(34)30-14-17(2)3)31(15-18-9-11-20(26)12-10-18)23(33)16-32(37(4,35)36)21-8-6-7-19(13-21)25(27,28)29/h6-13,17,22H,5,14-16H2,1-4H3,(H,30,34)/t22-/m0/s1. The van der Waals surface area contributed by atoms with E-state index < -0.39 is 46.2 Å². The van der Waals surface area contributed by atoms with Crippen LogP contribution in [-0.4, -0.2) is 50.5 Å². The molecule has 0 heterocycles. The molecule has 0 spiro atoms. The van der Waals surface area contributed by atoms with E-state index in [4.69, 9.17) is 11.6 Å². The maximum atomic E-state index is 13.6. The molecule has 0 aromatic heterocycles. The Labute approximate surface area is 220 Å². The zero-order chi connectivity index (χ0) is 28.0. The number of halogens is 4. The fraction of sp³-hybridized carbons (Fsp3) is 0.440. The molecule has 0 bridgehead atoms. The minimum absolute atomic E-state index is 0.0379. The number of hydrogen-bond donors (Lipinski definition) is 1. The van der Waals surface area contributed by atoms with Gasteiger partial charge in [-0.15, -0.1) is 0 Å². The topological polar surface area (TPSA) is 86.8 Å². The van der Waals surface area contributed by atoms with Gasteiger partial charge in [-0.05, 0) is 48.2 Å². The van der Waals surface area contributed by atoms with E-state index in [1.165, 1.54) is 11.0 Å². The van der Waals surface area contributed by atoms with Crippen molar-refractivity contribution < 1.29 is 31.2 Å². The van der Waals surface area contributed by atoms with Gasteiger partial charge in [0.15, 0.2) is 0 Å². The van der Waals surface area contributed by atoms with Gasteiger partial charge in [-0.1, -0.05) is 50.6 Å². The Bertz CT molecular complexity index is 1190. The number of nitrogens with zero attached hydrogens (tertiary/aromatic N) is 2. The van der Waals surface area contributed by atoms with Crippen LogP contribution in [0.4, 0.5) is 18.9 Å². The predicted octanol–water partition coefficient (Wildman–Crippen LogP) is 4.70. The molecule has 0 fully saturated rings. The fourth-order valence-corrected chi connectivity index (χ4v) is 4.55. The van der Waals surface area contributed by atoms with Crippen molar-refractivity contribution >= 4 is 39.1 Å². The van der Waals surface area contributed by atoms with Crippen molar-refractivity contribution in [2.24, 2.45) is 5.92 Å². The summed E-state index contributed by atoms with van der Waals surface area (Å²) in [6.45, 7) is 5.08. The zero-order valence-corrected chi connectivity index (χ0v) is 22.6. The van der Waals surface area contributed by atoms with Gasteiger partial charge in [-0.2, -0.15) is 13.2 Å². The molecule has 0 saturated heterocycles. The molecule has 0 radical (unpaired) electrons. The van der Waals surface area contributed by atoms with Crippen LogP contribution in [0.3, 0.4) is 0 Å². The van der Waals surface area contributed by atoms with Crippen LogP contribution in [0.5, 0.6) is 0 Å². The van der Waals surface area contributed by atoms with Gasteiger partial charge in [-0.25, -0.2) is 8.42 Å². The summed E-state index contributed by atoms with van der Waals surface area (Å²) in [7, 11) is -4.16. The number of nitrogens with one attached hydrogen (secondary N) is 1. The summed E-state index contributed by atoms with van der Waals surface area (Å²) in [5.74, 6) is -1.00. The van der Waals surface area contributed by atoms with Crippen molar-refractivity contribution in [1.82, 2.24) is 10.2 Å². The molecule has 0 aliphatic heterocycles. The molecular weight excluding hydrogens is 531 g/mol. The Morgan fingerprint density at radius 3 is 2.22 bits per heavy atom. The van der Waals surface area contributed by atoms with Crippen molar-refractivity contribution in [2.75, 3.05) is 23.7 Å². The zero-order valence-electron chi connectivity index (χ0n) is 21.0. The van der Waals surface area contributed by atoms with Crippen molar-refractivity contribution in [3.8, 4) is 0 Å². The number of anilines is 1. The minimum Gasteiger partial charge on any atom is -0.354 e. The fourth-order valence-electron chi connectivity index (χ4n) is 3.58. The van der Waals surface area contributed by atoms with Gasteiger partial charge in [0.25, 0.3) is 0 Å². The van der Waals surface area contributed by atoms with Gasteiger partial charge in [0.05, 0.1) is 17.5 Å². The molecule has 2 amide bonds. The number of carbonyl (C=O) groups is 2. The predicted molar refractivity (Wildman–Crippen MR) is 138 cm³/mol. The Morgan fingerprint density at radius 1 is 1.08 bits per heavy atom. The van der Waals surface area contributed by atoms with E-state index >= 15 is 0 Å². The number of sulfonamides is 1. The molecule has 2 rings (SSSR count). The highest BCUT2D eigenvalue weighted by Gasteiger charge is 2.34. The van der Waals surface area contributed by atoms with E-state index in [1.54, 1.807) is 31.2 Å². The molecule has 1 N–H and O–H groups in total. The normalized spacial score (nSPS) is 12.8. The molecule has 204 valence electrons. The lowest BCUT2D eigenvalue weighted by Crippen LogP contribution is -2.52. The van der Waals surface area contributed by atoms with E-state index in [1.807, 2.05) is 13.8 Å². The van der Waals surface area contributed by atoms with Crippen LogP contribution in [0.2, 0.25) is 5.02 Å². The first-order valence-electron chi connectivity index (χ1n) is 11.6. The lowest BCUT2D eigenvalue weighted by molar-refractivity contribution is -0.140. The number of alkyl halides is 3. The highest BCUT2D eigenvalue weighted by atomic mass is 35.5. The average Bonchev–Trinajstić information content (AvgIpc) is 2.81. The van der Waals surface area contributed by atoms with Crippen LogP contribution in [0, 0.1) is 5.92 Å². The molecule has 0 unspecified atom stereocenters. The highest BCUT2D eigenvalue weighted by Crippen LogP contribution is 2.32. The van der Waals surface area contributed by atoms with Gasteiger partial charge in [0, 0.05) is 18.1 Å². The minimum atomic E-state index is -4.70. The molecule has 7 nitrogen and oxygen atoms in total. The second-order valence-corrected chi connectivity index (χ2v) is 11.4. The monoisotopic (exact) mass is 561 g/mol. The van der Waals surface area contributed by atoms with Crippen molar-refractivity contribution in [2.45, 2.75) is 46.0 Å². The van der Waals surface area contributed by atoms with Crippen LogP contribution in [0.25, 0.3) is 0 Å². The quantitative estimate of drug-likeness (QED) is 0.431. The molecule has 0 saturated carbocycles. The number of carbonyl (C=O) groups excluding carboxylic acids is 2. The van der Waals surface area contributed by atoms with Crippen molar-refractivity contribution in [3.63, 3.8) is 0 Å². The second-order valence-electron chi connectivity index (χ2n) is 9.03.